The molecule has 0 fully saturated rings. The van der Waals surface area contributed by atoms with Crippen molar-refractivity contribution in [3.8, 4) is 5.75 Å². The van der Waals surface area contributed by atoms with E-state index in [4.69, 9.17) is 9.47 Å². The Morgan fingerprint density at radius 3 is 2.61 bits per heavy atom. The number of carbonyl (C=O) groups is 2. The summed E-state index contributed by atoms with van der Waals surface area (Å²) in [6, 6.07) is 3.78. The maximum atomic E-state index is 13.3. The summed E-state index contributed by atoms with van der Waals surface area (Å²) in [6.45, 7) is 4.98. The lowest BCUT2D eigenvalue weighted by Gasteiger charge is -2.24. The van der Waals surface area contributed by atoms with E-state index in [-0.39, 0.29) is 17.9 Å². The van der Waals surface area contributed by atoms with E-state index >= 15 is 0 Å². The zero-order chi connectivity index (χ0) is 13.8. The molecule has 0 aliphatic carbocycles. The molecule has 4 nitrogen and oxygen atoms in total. The van der Waals surface area contributed by atoms with E-state index in [1.807, 2.05) is 0 Å². The fourth-order valence-corrected chi connectivity index (χ4v) is 1.31. The zero-order valence-corrected chi connectivity index (χ0v) is 10.5. The Kier molecular flexibility index (Phi) is 4.42. The molecule has 1 rings (SSSR count). The molecule has 0 spiro atoms. The van der Waals surface area contributed by atoms with Gasteiger partial charge in [-0.1, -0.05) is 0 Å². The molecule has 5 heteroatoms. The van der Waals surface area contributed by atoms with Gasteiger partial charge in [-0.15, -0.1) is 0 Å². The van der Waals surface area contributed by atoms with Crippen LogP contribution in [-0.4, -0.2) is 24.5 Å². The lowest BCUT2D eigenvalue weighted by Crippen LogP contribution is -2.39. The molecular weight excluding hydrogens is 239 g/mol. The van der Waals surface area contributed by atoms with Crippen LogP contribution < -0.4 is 4.74 Å². The van der Waals surface area contributed by atoms with Crippen LogP contribution in [0.3, 0.4) is 0 Å². The molecule has 0 heterocycles. The first-order valence-electron chi connectivity index (χ1n) is 5.51. The van der Waals surface area contributed by atoms with Gasteiger partial charge in [0.05, 0.1) is 12.2 Å². The van der Waals surface area contributed by atoms with Crippen molar-refractivity contribution in [2.75, 3.05) is 6.61 Å². The number of halogens is 1. The molecule has 0 N–H and O–H groups in total. The number of benzene rings is 1. The van der Waals surface area contributed by atoms with Gasteiger partial charge in [0.2, 0.25) is 0 Å². The Bertz CT molecular complexity index is 454. The van der Waals surface area contributed by atoms with Crippen molar-refractivity contribution in [2.45, 2.75) is 26.4 Å². The van der Waals surface area contributed by atoms with Crippen molar-refractivity contribution in [3.63, 3.8) is 0 Å². The van der Waals surface area contributed by atoms with E-state index < -0.39 is 17.4 Å². The standard InChI is InChI=1S/C13H15FO4/c1-4-17-12(16)13(2,3)18-10-6-5-9(8-15)11(14)7-10/h5-8H,4H2,1-3H3. The predicted molar refractivity (Wildman–Crippen MR) is 63.1 cm³/mol. The number of esters is 1. The zero-order valence-electron chi connectivity index (χ0n) is 10.5. The third kappa shape index (κ3) is 3.29. The van der Waals surface area contributed by atoms with E-state index in [1.54, 1.807) is 6.92 Å². The Morgan fingerprint density at radius 1 is 1.44 bits per heavy atom. The van der Waals surface area contributed by atoms with E-state index in [1.165, 1.54) is 26.0 Å². The van der Waals surface area contributed by atoms with Crippen LogP contribution in [0.5, 0.6) is 5.75 Å². The number of rotatable bonds is 5. The lowest BCUT2D eigenvalue weighted by atomic mass is 10.1. The molecule has 1 aromatic carbocycles. The molecule has 0 atom stereocenters. The van der Waals surface area contributed by atoms with Gasteiger partial charge >= 0.3 is 5.97 Å². The Balaban J connectivity index is 2.87. The SMILES string of the molecule is CCOC(=O)C(C)(C)Oc1ccc(C=O)c(F)c1. The maximum absolute atomic E-state index is 13.3. The van der Waals surface area contributed by atoms with Crippen molar-refractivity contribution < 1.29 is 23.5 Å². The molecule has 0 unspecified atom stereocenters. The minimum absolute atomic E-state index is 0.0590. The first-order chi connectivity index (χ1) is 8.40. The number of carbonyl (C=O) groups excluding carboxylic acids is 2. The minimum atomic E-state index is -1.22. The molecular formula is C13H15FO4. The van der Waals surface area contributed by atoms with Crippen molar-refractivity contribution in [1.29, 1.82) is 0 Å². The third-order valence-electron chi connectivity index (χ3n) is 2.24. The van der Waals surface area contributed by atoms with Crippen molar-refractivity contribution in [2.24, 2.45) is 0 Å². The van der Waals surface area contributed by atoms with Gasteiger partial charge in [0, 0.05) is 6.07 Å². The molecule has 98 valence electrons. The quantitative estimate of drug-likeness (QED) is 0.598. The van der Waals surface area contributed by atoms with Crippen LogP contribution in [0.1, 0.15) is 31.1 Å². The van der Waals surface area contributed by atoms with Crippen molar-refractivity contribution >= 4 is 12.3 Å². The van der Waals surface area contributed by atoms with Crippen LogP contribution in [0, 0.1) is 5.82 Å². The fraction of sp³-hybridized carbons (Fsp3) is 0.385. The van der Waals surface area contributed by atoms with E-state index in [0.29, 0.717) is 6.29 Å². The van der Waals surface area contributed by atoms with Crippen molar-refractivity contribution in [1.82, 2.24) is 0 Å². The van der Waals surface area contributed by atoms with Gasteiger partial charge in [0.25, 0.3) is 0 Å². The van der Waals surface area contributed by atoms with Crippen molar-refractivity contribution in [3.05, 3.63) is 29.6 Å². The largest absolute Gasteiger partial charge is 0.476 e. The Labute approximate surface area is 105 Å². The van der Waals surface area contributed by atoms with Gasteiger partial charge in [-0.3, -0.25) is 4.79 Å². The summed E-state index contributed by atoms with van der Waals surface area (Å²) in [5.41, 5.74) is -1.28. The predicted octanol–water partition coefficient (Wildman–Crippen LogP) is 2.36. The molecule has 0 saturated carbocycles. The van der Waals surface area contributed by atoms with Crippen LogP contribution in [0.15, 0.2) is 18.2 Å². The second-order valence-corrected chi connectivity index (χ2v) is 4.13. The molecule has 0 radical (unpaired) electrons. The highest BCUT2D eigenvalue weighted by atomic mass is 19.1. The van der Waals surface area contributed by atoms with Crippen LogP contribution in [0.4, 0.5) is 4.39 Å². The Morgan fingerprint density at radius 2 is 2.11 bits per heavy atom. The highest BCUT2D eigenvalue weighted by Crippen LogP contribution is 2.21. The number of ether oxygens (including phenoxy) is 2. The summed E-state index contributed by atoms with van der Waals surface area (Å²) in [7, 11) is 0. The first kappa shape index (κ1) is 14.2. The van der Waals surface area contributed by atoms with E-state index in [9.17, 15) is 14.0 Å². The second kappa shape index (κ2) is 5.62. The van der Waals surface area contributed by atoms with Gasteiger partial charge in [0.1, 0.15) is 11.6 Å². The Hall–Kier alpha value is -1.91. The average molecular weight is 254 g/mol. The second-order valence-electron chi connectivity index (χ2n) is 4.13. The number of aldehydes is 1. The summed E-state index contributed by atoms with van der Waals surface area (Å²) in [6.07, 6.45) is 0.412. The van der Waals surface area contributed by atoms with E-state index in [2.05, 4.69) is 0 Å². The normalized spacial score (nSPS) is 10.9. The molecule has 18 heavy (non-hydrogen) atoms. The fourth-order valence-electron chi connectivity index (χ4n) is 1.31. The monoisotopic (exact) mass is 254 g/mol. The number of hydrogen-bond donors (Lipinski definition) is 0. The molecule has 0 aliphatic rings. The van der Waals surface area contributed by atoms with Gasteiger partial charge < -0.3 is 9.47 Å². The number of hydrogen-bond acceptors (Lipinski definition) is 4. The summed E-state index contributed by atoms with van der Waals surface area (Å²) in [5, 5.41) is 0. The molecule has 1 aromatic rings. The third-order valence-corrected chi connectivity index (χ3v) is 2.24. The topological polar surface area (TPSA) is 52.6 Å². The highest BCUT2D eigenvalue weighted by molar-refractivity contribution is 5.79. The molecule has 0 aromatic heterocycles. The molecule has 0 bridgehead atoms. The summed E-state index contributed by atoms with van der Waals surface area (Å²) in [5.74, 6) is -1.07. The molecule has 0 aliphatic heterocycles. The van der Waals surface area contributed by atoms with Gasteiger partial charge in [-0.2, -0.15) is 0 Å². The van der Waals surface area contributed by atoms with Crippen LogP contribution in [0.2, 0.25) is 0 Å². The smallest absolute Gasteiger partial charge is 0.349 e. The van der Waals surface area contributed by atoms with Gasteiger partial charge in [-0.05, 0) is 32.9 Å². The molecule has 0 amide bonds. The van der Waals surface area contributed by atoms with Gasteiger partial charge in [-0.25, -0.2) is 9.18 Å². The van der Waals surface area contributed by atoms with Gasteiger partial charge in [0.15, 0.2) is 11.9 Å². The lowest BCUT2D eigenvalue weighted by molar-refractivity contribution is -0.158. The molecule has 0 saturated heterocycles. The summed E-state index contributed by atoms with van der Waals surface area (Å²) >= 11 is 0. The van der Waals surface area contributed by atoms with Crippen LogP contribution >= 0.6 is 0 Å². The van der Waals surface area contributed by atoms with Crippen LogP contribution in [-0.2, 0) is 9.53 Å². The van der Waals surface area contributed by atoms with Crippen LogP contribution in [0.25, 0.3) is 0 Å². The average Bonchev–Trinajstić information content (AvgIpc) is 2.29. The maximum Gasteiger partial charge on any atom is 0.349 e. The summed E-state index contributed by atoms with van der Waals surface area (Å²) in [4.78, 5) is 22.0. The van der Waals surface area contributed by atoms with E-state index in [0.717, 1.165) is 6.07 Å². The summed E-state index contributed by atoms with van der Waals surface area (Å²) < 4.78 is 23.6. The first-order valence-corrected chi connectivity index (χ1v) is 5.51. The highest BCUT2D eigenvalue weighted by Gasteiger charge is 2.31. The minimum Gasteiger partial charge on any atom is -0.476 e.